The fourth-order valence-electron chi connectivity index (χ4n) is 3.84. The Kier molecular flexibility index (Phi) is 6.87. The highest BCUT2D eigenvalue weighted by Crippen LogP contribution is 2.28. The van der Waals surface area contributed by atoms with Crippen molar-refractivity contribution in [2.75, 3.05) is 26.4 Å². The largest absolute Gasteiger partial charge is 0.490 e. The van der Waals surface area contributed by atoms with E-state index in [9.17, 15) is 4.79 Å². The molecule has 1 atom stereocenters. The molecule has 2 aliphatic rings. The molecule has 1 N–H and O–H groups in total. The lowest BCUT2D eigenvalue weighted by molar-refractivity contribution is -0.151. The smallest absolute Gasteiger partial charge is 0.352 e. The van der Waals surface area contributed by atoms with Gasteiger partial charge in [0.05, 0.1) is 19.8 Å². The van der Waals surface area contributed by atoms with E-state index >= 15 is 0 Å². The number of carbonyl (C=O) groups is 1. The molecule has 1 fully saturated rings. The summed E-state index contributed by atoms with van der Waals surface area (Å²) in [6.07, 6.45) is 2.14. The Hall–Kier alpha value is -2.57. The monoisotopic (exact) mass is 411 g/mol. The average molecular weight is 411 g/mol. The molecule has 1 saturated heterocycles. The molecule has 0 aliphatic carbocycles. The summed E-state index contributed by atoms with van der Waals surface area (Å²) in [5, 5.41) is 3.37. The number of hydrogen-bond donors (Lipinski definition) is 1. The van der Waals surface area contributed by atoms with E-state index in [0.717, 1.165) is 56.9 Å². The van der Waals surface area contributed by atoms with Gasteiger partial charge in [0.15, 0.2) is 0 Å². The second-order valence-corrected chi connectivity index (χ2v) is 7.61. The highest BCUT2D eigenvalue weighted by Gasteiger charge is 2.25. The third-order valence-corrected chi connectivity index (χ3v) is 5.47. The summed E-state index contributed by atoms with van der Waals surface area (Å²) in [6.45, 7) is 5.37. The van der Waals surface area contributed by atoms with Crippen molar-refractivity contribution in [3.63, 3.8) is 0 Å². The second kappa shape index (κ2) is 9.96. The van der Waals surface area contributed by atoms with Crippen molar-refractivity contribution >= 4 is 5.97 Å². The number of fused-ring (bicyclic) bond motifs is 1. The lowest BCUT2D eigenvalue weighted by Crippen LogP contribution is -2.26. The third-order valence-electron chi connectivity index (χ3n) is 5.47. The molecule has 0 saturated carbocycles. The number of benzene rings is 2. The van der Waals surface area contributed by atoms with Crippen molar-refractivity contribution in [1.29, 1.82) is 0 Å². The highest BCUT2D eigenvalue weighted by molar-refractivity contribution is 5.77. The van der Waals surface area contributed by atoms with Crippen molar-refractivity contribution in [2.24, 2.45) is 0 Å². The van der Waals surface area contributed by atoms with Crippen LogP contribution in [-0.4, -0.2) is 38.4 Å². The van der Waals surface area contributed by atoms with Crippen molar-refractivity contribution in [1.82, 2.24) is 5.32 Å². The third kappa shape index (κ3) is 5.12. The van der Waals surface area contributed by atoms with Crippen LogP contribution in [0, 0.1) is 0 Å². The molecule has 0 amide bonds. The highest BCUT2D eigenvalue weighted by atomic mass is 16.6. The standard InChI is InChI=1S/C24H29NO5/c1-2-28-24(26)23(30-22-8-3-17-9-12-25-16-19(17)15-22)18-4-6-20(7-5-18)29-21-10-13-27-14-11-21/h3-8,15,21,23,25H,2,9-14,16H2,1H3. The van der Waals surface area contributed by atoms with E-state index in [4.69, 9.17) is 18.9 Å². The quantitative estimate of drug-likeness (QED) is 0.703. The Morgan fingerprint density at radius 2 is 1.87 bits per heavy atom. The van der Waals surface area contributed by atoms with Gasteiger partial charge >= 0.3 is 5.97 Å². The lowest BCUT2D eigenvalue weighted by atomic mass is 10.0. The summed E-state index contributed by atoms with van der Waals surface area (Å²) in [4.78, 5) is 12.6. The topological polar surface area (TPSA) is 66.0 Å². The molecule has 2 aromatic rings. The fourth-order valence-corrected chi connectivity index (χ4v) is 3.84. The summed E-state index contributed by atoms with van der Waals surface area (Å²) in [7, 11) is 0. The van der Waals surface area contributed by atoms with Crippen LogP contribution in [0.15, 0.2) is 42.5 Å². The van der Waals surface area contributed by atoms with Gasteiger partial charge in [-0.2, -0.15) is 0 Å². The molecule has 2 aliphatic heterocycles. The molecule has 160 valence electrons. The van der Waals surface area contributed by atoms with Crippen LogP contribution in [0.2, 0.25) is 0 Å². The molecule has 30 heavy (non-hydrogen) atoms. The second-order valence-electron chi connectivity index (χ2n) is 7.61. The van der Waals surface area contributed by atoms with Gasteiger partial charge < -0.3 is 24.3 Å². The van der Waals surface area contributed by atoms with Crippen LogP contribution in [-0.2, 0) is 27.2 Å². The molecular formula is C24H29NO5. The van der Waals surface area contributed by atoms with Crippen LogP contribution in [0.25, 0.3) is 0 Å². The lowest BCUT2D eigenvalue weighted by Gasteiger charge is -2.24. The first-order valence-electron chi connectivity index (χ1n) is 10.7. The number of rotatable bonds is 7. The van der Waals surface area contributed by atoms with Crippen LogP contribution in [0.4, 0.5) is 0 Å². The zero-order chi connectivity index (χ0) is 20.8. The van der Waals surface area contributed by atoms with Crippen LogP contribution < -0.4 is 14.8 Å². The van der Waals surface area contributed by atoms with Crippen molar-refractivity contribution < 1.29 is 23.7 Å². The summed E-state index contributed by atoms with van der Waals surface area (Å²) in [5.41, 5.74) is 3.27. The number of esters is 1. The van der Waals surface area contributed by atoms with E-state index in [1.807, 2.05) is 36.4 Å². The van der Waals surface area contributed by atoms with Gasteiger partial charge in [-0.25, -0.2) is 4.79 Å². The van der Waals surface area contributed by atoms with E-state index in [1.165, 1.54) is 11.1 Å². The first-order valence-corrected chi connectivity index (χ1v) is 10.7. The van der Waals surface area contributed by atoms with Crippen LogP contribution in [0.1, 0.15) is 42.6 Å². The van der Waals surface area contributed by atoms with Crippen molar-refractivity contribution in [3.8, 4) is 11.5 Å². The van der Waals surface area contributed by atoms with Gasteiger partial charge in [0.25, 0.3) is 0 Å². The number of ether oxygens (including phenoxy) is 4. The maximum atomic E-state index is 12.6. The number of nitrogens with one attached hydrogen (secondary N) is 1. The van der Waals surface area contributed by atoms with Gasteiger partial charge in [-0.3, -0.25) is 0 Å². The van der Waals surface area contributed by atoms with E-state index in [-0.39, 0.29) is 6.10 Å². The number of carbonyl (C=O) groups excluding carboxylic acids is 1. The fraction of sp³-hybridized carbons (Fsp3) is 0.458. The summed E-state index contributed by atoms with van der Waals surface area (Å²) in [6, 6.07) is 13.5. The van der Waals surface area contributed by atoms with Crippen LogP contribution in [0.3, 0.4) is 0 Å². The summed E-state index contributed by atoms with van der Waals surface area (Å²) in [5.74, 6) is 1.05. The van der Waals surface area contributed by atoms with Crippen molar-refractivity contribution in [2.45, 2.75) is 44.9 Å². The van der Waals surface area contributed by atoms with Gasteiger partial charge in [-0.05, 0) is 55.3 Å². The molecule has 2 heterocycles. The van der Waals surface area contributed by atoms with Crippen LogP contribution >= 0.6 is 0 Å². The maximum absolute atomic E-state index is 12.6. The molecule has 0 aromatic heterocycles. The minimum absolute atomic E-state index is 0.172. The summed E-state index contributed by atoms with van der Waals surface area (Å²) < 4.78 is 22.8. The molecule has 6 heteroatoms. The van der Waals surface area contributed by atoms with Gasteiger partial charge in [0, 0.05) is 24.9 Å². The van der Waals surface area contributed by atoms with Gasteiger partial charge in [0.2, 0.25) is 6.10 Å². The molecule has 1 unspecified atom stereocenters. The van der Waals surface area contributed by atoms with Crippen LogP contribution in [0.5, 0.6) is 11.5 Å². The molecule has 6 nitrogen and oxygen atoms in total. The Morgan fingerprint density at radius 1 is 1.10 bits per heavy atom. The first kappa shape index (κ1) is 20.7. The minimum Gasteiger partial charge on any atom is -0.490 e. The molecule has 0 bridgehead atoms. The predicted molar refractivity (Wildman–Crippen MR) is 113 cm³/mol. The molecule has 0 radical (unpaired) electrons. The maximum Gasteiger partial charge on any atom is 0.352 e. The van der Waals surface area contributed by atoms with E-state index < -0.39 is 12.1 Å². The average Bonchev–Trinajstić information content (AvgIpc) is 2.79. The van der Waals surface area contributed by atoms with Gasteiger partial charge in [-0.1, -0.05) is 18.2 Å². The minimum atomic E-state index is -0.823. The Labute approximate surface area is 177 Å². The zero-order valence-corrected chi connectivity index (χ0v) is 17.4. The number of hydrogen-bond acceptors (Lipinski definition) is 6. The molecule has 4 rings (SSSR count). The molecule has 2 aromatic carbocycles. The normalized spacial score (nSPS) is 17.6. The molecule has 0 spiro atoms. The molecular weight excluding hydrogens is 382 g/mol. The van der Waals surface area contributed by atoms with Gasteiger partial charge in [-0.15, -0.1) is 0 Å². The first-order chi connectivity index (χ1) is 14.7. The Morgan fingerprint density at radius 3 is 2.63 bits per heavy atom. The SMILES string of the molecule is CCOC(=O)C(Oc1ccc2c(c1)CNCC2)c1ccc(OC2CCOCC2)cc1. The van der Waals surface area contributed by atoms with E-state index in [2.05, 4.69) is 11.4 Å². The van der Waals surface area contributed by atoms with Gasteiger partial charge in [0.1, 0.15) is 17.6 Å². The Balaban J connectivity index is 1.49. The predicted octanol–water partition coefficient (Wildman–Crippen LogP) is 3.57. The summed E-state index contributed by atoms with van der Waals surface area (Å²) >= 11 is 0. The zero-order valence-electron chi connectivity index (χ0n) is 17.4. The van der Waals surface area contributed by atoms with E-state index in [0.29, 0.717) is 12.4 Å². The Bertz CT molecular complexity index is 845. The van der Waals surface area contributed by atoms with E-state index in [1.54, 1.807) is 6.92 Å². The van der Waals surface area contributed by atoms with Crippen molar-refractivity contribution in [3.05, 3.63) is 59.2 Å².